The lowest BCUT2D eigenvalue weighted by atomic mass is 10.1. The zero-order valence-corrected chi connectivity index (χ0v) is 17.3. The second kappa shape index (κ2) is 8.24. The first-order chi connectivity index (χ1) is 14.0. The van der Waals surface area contributed by atoms with Crippen LogP contribution in [0.2, 0.25) is 0 Å². The predicted octanol–water partition coefficient (Wildman–Crippen LogP) is 3.02. The Hall–Kier alpha value is -2.87. The molecule has 3 heterocycles. The fourth-order valence-corrected chi connectivity index (χ4v) is 4.42. The van der Waals surface area contributed by atoms with Crippen molar-refractivity contribution in [2.45, 2.75) is 45.6 Å². The maximum absolute atomic E-state index is 12.7. The van der Waals surface area contributed by atoms with Gasteiger partial charge in [0.25, 0.3) is 5.91 Å². The highest BCUT2D eigenvalue weighted by molar-refractivity contribution is 7.20. The van der Waals surface area contributed by atoms with E-state index >= 15 is 0 Å². The quantitative estimate of drug-likeness (QED) is 0.625. The monoisotopic (exact) mass is 409 g/mol. The second-order valence-corrected chi connectivity index (χ2v) is 8.31. The molecule has 0 saturated heterocycles. The molecule has 0 radical (unpaired) electrons. The van der Waals surface area contributed by atoms with Gasteiger partial charge in [-0.3, -0.25) is 14.6 Å². The van der Waals surface area contributed by atoms with Crippen LogP contribution in [0.3, 0.4) is 0 Å². The molecule has 4 rings (SSSR count). The standard InChI is InChI=1S/C21H23N5O2S/c1-12-17-13(2)25-19(15-3-4-15)26-21(17)29-18(12)20(28)23-10-7-16(27)24-11-14-5-8-22-9-6-14/h5-6,8-9,15H,3-4,7,10-11H2,1-2H3,(H,23,28)(H,24,27). The molecule has 150 valence electrons. The third-order valence-corrected chi connectivity index (χ3v) is 6.20. The molecule has 2 amide bonds. The van der Waals surface area contributed by atoms with Crippen molar-refractivity contribution < 1.29 is 9.59 Å². The first-order valence-electron chi connectivity index (χ1n) is 9.74. The van der Waals surface area contributed by atoms with Crippen molar-refractivity contribution in [1.82, 2.24) is 25.6 Å². The molecule has 0 aliphatic heterocycles. The lowest BCUT2D eigenvalue weighted by Crippen LogP contribution is -2.30. The first-order valence-corrected chi connectivity index (χ1v) is 10.6. The van der Waals surface area contributed by atoms with Gasteiger partial charge < -0.3 is 10.6 Å². The number of rotatable bonds is 7. The van der Waals surface area contributed by atoms with Gasteiger partial charge in [0.05, 0.1) is 10.6 Å². The number of fused-ring (bicyclic) bond motifs is 1. The van der Waals surface area contributed by atoms with Crippen LogP contribution in [0.15, 0.2) is 24.5 Å². The van der Waals surface area contributed by atoms with Gasteiger partial charge in [0.1, 0.15) is 10.7 Å². The Morgan fingerprint density at radius 1 is 1.14 bits per heavy atom. The third-order valence-electron chi connectivity index (χ3n) is 5.01. The Morgan fingerprint density at radius 2 is 1.90 bits per heavy atom. The first kappa shape index (κ1) is 19.4. The number of aromatic nitrogens is 3. The van der Waals surface area contributed by atoms with Gasteiger partial charge in [-0.05, 0) is 49.9 Å². The number of amides is 2. The molecular weight excluding hydrogens is 386 g/mol. The summed E-state index contributed by atoms with van der Waals surface area (Å²) in [4.78, 5) is 39.4. The fourth-order valence-electron chi connectivity index (χ4n) is 3.26. The van der Waals surface area contributed by atoms with Crippen molar-refractivity contribution in [1.29, 1.82) is 0 Å². The highest BCUT2D eigenvalue weighted by atomic mass is 32.1. The van der Waals surface area contributed by atoms with Gasteiger partial charge in [-0.15, -0.1) is 11.3 Å². The maximum Gasteiger partial charge on any atom is 0.261 e. The molecule has 2 N–H and O–H groups in total. The number of hydrogen-bond donors (Lipinski definition) is 2. The zero-order valence-electron chi connectivity index (χ0n) is 16.5. The van der Waals surface area contributed by atoms with E-state index in [1.54, 1.807) is 12.4 Å². The number of carbonyl (C=O) groups is 2. The SMILES string of the molecule is Cc1nc(C2CC2)nc2sc(C(=O)NCCC(=O)NCc3ccncc3)c(C)c12. The number of pyridine rings is 1. The highest BCUT2D eigenvalue weighted by Gasteiger charge is 2.28. The number of thiophene rings is 1. The zero-order chi connectivity index (χ0) is 20.4. The summed E-state index contributed by atoms with van der Waals surface area (Å²) in [6.45, 7) is 4.64. The van der Waals surface area contributed by atoms with Crippen molar-refractivity contribution in [2.24, 2.45) is 0 Å². The Kier molecular flexibility index (Phi) is 5.53. The van der Waals surface area contributed by atoms with Gasteiger partial charge >= 0.3 is 0 Å². The Balaban J connectivity index is 1.34. The number of aryl methyl sites for hydroxylation is 2. The molecule has 3 aromatic heterocycles. The Morgan fingerprint density at radius 3 is 2.62 bits per heavy atom. The van der Waals surface area contributed by atoms with Crippen LogP contribution in [0.4, 0.5) is 0 Å². The average molecular weight is 410 g/mol. The Labute approximate surface area is 173 Å². The van der Waals surface area contributed by atoms with E-state index in [1.165, 1.54) is 11.3 Å². The van der Waals surface area contributed by atoms with Crippen LogP contribution in [-0.4, -0.2) is 33.3 Å². The second-order valence-electron chi connectivity index (χ2n) is 7.32. The smallest absolute Gasteiger partial charge is 0.261 e. The molecule has 29 heavy (non-hydrogen) atoms. The van der Waals surface area contributed by atoms with E-state index in [2.05, 4.69) is 25.6 Å². The van der Waals surface area contributed by atoms with Crippen LogP contribution in [0, 0.1) is 13.8 Å². The molecule has 0 aromatic carbocycles. The van der Waals surface area contributed by atoms with Gasteiger partial charge in [-0.1, -0.05) is 0 Å². The molecular formula is C21H23N5O2S. The van der Waals surface area contributed by atoms with Crippen LogP contribution < -0.4 is 10.6 Å². The molecule has 7 nitrogen and oxygen atoms in total. The topological polar surface area (TPSA) is 96.9 Å². The Bertz CT molecular complexity index is 1060. The van der Waals surface area contributed by atoms with E-state index in [-0.39, 0.29) is 24.8 Å². The number of carbonyl (C=O) groups excluding carboxylic acids is 2. The summed E-state index contributed by atoms with van der Waals surface area (Å²) < 4.78 is 0. The van der Waals surface area contributed by atoms with Crippen LogP contribution in [0.1, 0.15) is 57.5 Å². The summed E-state index contributed by atoms with van der Waals surface area (Å²) in [6, 6.07) is 3.71. The van der Waals surface area contributed by atoms with E-state index in [1.807, 2.05) is 26.0 Å². The van der Waals surface area contributed by atoms with Crippen LogP contribution >= 0.6 is 11.3 Å². The predicted molar refractivity (Wildman–Crippen MR) is 112 cm³/mol. The molecule has 1 aliphatic rings. The van der Waals surface area contributed by atoms with Gasteiger partial charge in [0.15, 0.2) is 0 Å². The molecule has 0 atom stereocenters. The van der Waals surface area contributed by atoms with Crippen molar-refractivity contribution in [3.8, 4) is 0 Å². The summed E-state index contributed by atoms with van der Waals surface area (Å²) >= 11 is 1.40. The van der Waals surface area contributed by atoms with E-state index < -0.39 is 0 Å². The summed E-state index contributed by atoms with van der Waals surface area (Å²) in [7, 11) is 0. The van der Waals surface area contributed by atoms with Crippen molar-refractivity contribution in [2.75, 3.05) is 6.54 Å². The van der Waals surface area contributed by atoms with Crippen LogP contribution in [0.25, 0.3) is 10.2 Å². The minimum atomic E-state index is -0.167. The van der Waals surface area contributed by atoms with E-state index in [0.29, 0.717) is 17.3 Å². The van der Waals surface area contributed by atoms with Crippen LogP contribution in [-0.2, 0) is 11.3 Å². The fraction of sp³-hybridized carbons (Fsp3) is 0.381. The summed E-state index contributed by atoms with van der Waals surface area (Å²) in [6.07, 6.45) is 5.90. The van der Waals surface area contributed by atoms with Crippen molar-refractivity contribution in [3.63, 3.8) is 0 Å². The largest absolute Gasteiger partial charge is 0.352 e. The number of nitrogens with one attached hydrogen (secondary N) is 2. The van der Waals surface area contributed by atoms with Crippen LogP contribution in [0.5, 0.6) is 0 Å². The molecule has 1 fully saturated rings. The average Bonchev–Trinajstić information content (AvgIpc) is 3.51. The molecule has 0 unspecified atom stereocenters. The third kappa shape index (κ3) is 4.42. The number of nitrogens with zero attached hydrogens (tertiary/aromatic N) is 3. The van der Waals surface area contributed by atoms with E-state index in [0.717, 1.165) is 45.7 Å². The highest BCUT2D eigenvalue weighted by Crippen LogP contribution is 2.40. The lowest BCUT2D eigenvalue weighted by molar-refractivity contribution is -0.121. The van der Waals surface area contributed by atoms with Crippen molar-refractivity contribution in [3.05, 3.63) is 52.0 Å². The molecule has 3 aromatic rings. The minimum absolute atomic E-state index is 0.106. The van der Waals surface area contributed by atoms with Gasteiger partial charge in [0, 0.05) is 43.2 Å². The molecule has 8 heteroatoms. The molecule has 0 bridgehead atoms. The van der Waals surface area contributed by atoms with E-state index in [4.69, 9.17) is 0 Å². The lowest BCUT2D eigenvalue weighted by Gasteiger charge is -2.06. The van der Waals surface area contributed by atoms with Gasteiger partial charge in [-0.25, -0.2) is 9.97 Å². The summed E-state index contributed by atoms with van der Waals surface area (Å²) in [5.74, 6) is 1.10. The molecule has 1 aliphatic carbocycles. The summed E-state index contributed by atoms with van der Waals surface area (Å²) in [5.41, 5.74) is 2.82. The van der Waals surface area contributed by atoms with Gasteiger partial charge in [0.2, 0.25) is 5.91 Å². The minimum Gasteiger partial charge on any atom is -0.352 e. The molecule has 1 saturated carbocycles. The van der Waals surface area contributed by atoms with E-state index in [9.17, 15) is 9.59 Å². The summed E-state index contributed by atoms with van der Waals surface area (Å²) in [5, 5.41) is 6.67. The normalized spacial score (nSPS) is 13.4. The maximum atomic E-state index is 12.7. The molecule has 0 spiro atoms. The number of hydrogen-bond acceptors (Lipinski definition) is 6. The van der Waals surface area contributed by atoms with Crippen molar-refractivity contribution >= 4 is 33.4 Å². The van der Waals surface area contributed by atoms with Gasteiger partial charge in [-0.2, -0.15) is 0 Å².